The van der Waals surface area contributed by atoms with E-state index in [1.807, 2.05) is 0 Å². The second-order valence-corrected chi connectivity index (χ2v) is 8.63. The average molecular weight is 444 g/mol. The fourth-order valence-electron chi connectivity index (χ4n) is 2.71. The highest BCUT2D eigenvalue weighted by molar-refractivity contribution is 7.93. The zero-order valence-corrected chi connectivity index (χ0v) is 17.6. The number of aromatic nitrogens is 3. The maximum Gasteiger partial charge on any atom is 0.263 e. The van der Waals surface area contributed by atoms with Crippen molar-refractivity contribution in [3.63, 3.8) is 0 Å². The van der Waals surface area contributed by atoms with Gasteiger partial charge in [0.2, 0.25) is 5.95 Å². The van der Waals surface area contributed by atoms with Crippen LogP contribution in [0.2, 0.25) is 0 Å². The van der Waals surface area contributed by atoms with Gasteiger partial charge in [-0.3, -0.25) is 4.72 Å². The van der Waals surface area contributed by atoms with Crippen molar-refractivity contribution >= 4 is 49.0 Å². The lowest BCUT2D eigenvalue weighted by Crippen LogP contribution is -2.12. The lowest BCUT2D eigenvalue weighted by atomic mass is 10.2. The minimum absolute atomic E-state index is 0.125. The first-order valence-electron chi connectivity index (χ1n) is 8.67. The van der Waals surface area contributed by atoms with E-state index in [2.05, 4.69) is 25.0 Å². The second-order valence-electron chi connectivity index (χ2n) is 6.05. The molecule has 9 nitrogen and oxygen atoms in total. The van der Waals surface area contributed by atoms with E-state index in [-0.39, 0.29) is 4.90 Å². The van der Waals surface area contributed by atoms with Crippen molar-refractivity contribution in [2.45, 2.75) is 4.90 Å². The highest BCUT2D eigenvalue weighted by Gasteiger charge is 2.15. The number of sulfonamides is 1. The molecule has 4 aromatic rings. The summed E-state index contributed by atoms with van der Waals surface area (Å²) in [4.78, 5) is 12.8. The van der Waals surface area contributed by atoms with Gasteiger partial charge in [0.05, 0.1) is 24.6 Å². The SMILES string of the molecule is COc1cc2cnc(Nc3ccc(S(=O)(=O)Nc4nccs4)cc3)nc2cc1OC. The van der Waals surface area contributed by atoms with Crippen molar-refractivity contribution in [1.82, 2.24) is 15.0 Å². The van der Waals surface area contributed by atoms with Crippen LogP contribution in [0.5, 0.6) is 11.5 Å². The van der Waals surface area contributed by atoms with Crippen molar-refractivity contribution in [1.29, 1.82) is 0 Å². The maximum atomic E-state index is 12.4. The van der Waals surface area contributed by atoms with Crippen LogP contribution < -0.4 is 19.5 Å². The summed E-state index contributed by atoms with van der Waals surface area (Å²) < 4.78 is 37.9. The third kappa shape index (κ3) is 4.11. The summed E-state index contributed by atoms with van der Waals surface area (Å²) in [6, 6.07) is 9.83. The van der Waals surface area contributed by atoms with Gasteiger partial charge < -0.3 is 14.8 Å². The Labute approximate surface area is 176 Å². The van der Waals surface area contributed by atoms with Crippen LogP contribution in [0.1, 0.15) is 0 Å². The number of hydrogen-bond donors (Lipinski definition) is 2. The van der Waals surface area contributed by atoms with Gasteiger partial charge in [-0.1, -0.05) is 0 Å². The highest BCUT2D eigenvalue weighted by Crippen LogP contribution is 2.31. The molecule has 0 bridgehead atoms. The van der Waals surface area contributed by atoms with E-state index in [9.17, 15) is 8.42 Å². The molecule has 0 atom stereocenters. The molecule has 2 heterocycles. The van der Waals surface area contributed by atoms with Gasteiger partial charge in [0.25, 0.3) is 10.0 Å². The van der Waals surface area contributed by atoms with E-state index in [0.717, 1.165) is 5.39 Å². The number of nitrogens with one attached hydrogen (secondary N) is 2. The Bertz CT molecular complexity index is 1280. The molecule has 0 aliphatic heterocycles. The maximum absolute atomic E-state index is 12.4. The van der Waals surface area contributed by atoms with Crippen LogP contribution in [0.25, 0.3) is 10.9 Å². The molecule has 0 radical (unpaired) electrons. The molecular formula is C19H17N5O4S2. The third-order valence-corrected chi connectivity index (χ3v) is 6.33. The smallest absolute Gasteiger partial charge is 0.263 e. The number of anilines is 3. The summed E-state index contributed by atoms with van der Waals surface area (Å²) >= 11 is 1.21. The Balaban J connectivity index is 1.55. The molecule has 2 aromatic heterocycles. The second kappa shape index (κ2) is 8.13. The van der Waals surface area contributed by atoms with Crippen molar-refractivity contribution in [2.24, 2.45) is 0 Å². The number of rotatable bonds is 7. The van der Waals surface area contributed by atoms with Crippen molar-refractivity contribution in [3.8, 4) is 11.5 Å². The Kier molecular flexibility index (Phi) is 5.38. The normalized spacial score (nSPS) is 11.3. The molecule has 0 unspecified atom stereocenters. The highest BCUT2D eigenvalue weighted by atomic mass is 32.2. The number of methoxy groups -OCH3 is 2. The fraction of sp³-hybridized carbons (Fsp3) is 0.105. The molecule has 2 N–H and O–H groups in total. The van der Waals surface area contributed by atoms with Crippen LogP contribution in [0.3, 0.4) is 0 Å². The minimum atomic E-state index is -3.70. The molecule has 0 aliphatic rings. The molecule has 0 fully saturated rings. The van der Waals surface area contributed by atoms with Crippen LogP contribution in [0.15, 0.2) is 59.1 Å². The number of hydrogen-bond acceptors (Lipinski definition) is 9. The summed E-state index contributed by atoms with van der Waals surface area (Å²) in [5.74, 6) is 1.53. The van der Waals surface area contributed by atoms with Crippen molar-refractivity contribution < 1.29 is 17.9 Å². The van der Waals surface area contributed by atoms with Gasteiger partial charge >= 0.3 is 0 Å². The molecule has 30 heavy (non-hydrogen) atoms. The van der Waals surface area contributed by atoms with E-state index >= 15 is 0 Å². The predicted molar refractivity (Wildman–Crippen MR) is 115 cm³/mol. The number of fused-ring (bicyclic) bond motifs is 1. The molecule has 0 aliphatic carbocycles. The Morgan fingerprint density at radius 3 is 2.40 bits per heavy atom. The van der Waals surface area contributed by atoms with Gasteiger partial charge in [0.15, 0.2) is 16.6 Å². The van der Waals surface area contributed by atoms with Crippen molar-refractivity contribution in [3.05, 3.63) is 54.2 Å². The third-order valence-electron chi connectivity index (χ3n) is 4.16. The molecule has 4 rings (SSSR count). The number of nitrogens with zero attached hydrogens (tertiary/aromatic N) is 3. The lowest BCUT2D eigenvalue weighted by Gasteiger charge is -2.10. The van der Waals surface area contributed by atoms with Crippen LogP contribution >= 0.6 is 11.3 Å². The van der Waals surface area contributed by atoms with Gasteiger partial charge in [-0.25, -0.2) is 23.4 Å². The van der Waals surface area contributed by atoms with Gasteiger partial charge in [-0.2, -0.15) is 0 Å². The Hall–Kier alpha value is -3.44. The summed E-state index contributed by atoms with van der Waals surface area (Å²) in [6.45, 7) is 0. The van der Waals surface area contributed by atoms with Gasteiger partial charge in [0, 0.05) is 34.9 Å². The topological polar surface area (TPSA) is 115 Å². The number of benzene rings is 2. The molecule has 0 saturated heterocycles. The number of ether oxygens (including phenoxy) is 2. The molecule has 0 amide bonds. The zero-order valence-electron chi connectivity index (χ0n) is 16.0. The van der Waals surface area contributed by atoms with Crippen LogP contribution in [0.4, 0.5) is 16.8 Å². The summed E-state index contributed by atoms with van der Waals surface area (Å²) in [7, 11) is -0.578. The van der Waals surface area contributed by atoms with Crippen LogP contribution in [-0.2, 0) is 10.0 Å². The van der Waals surface area contributed by atoms with Crippen molar-refractivity contribution in [2.75, 3.05) is 24.3 Å². The Morgan fingerprint density at radius 1 is 1.00 bits per heavy atom. The lowest BCUT2D eigenvalue weighted by molar-refractivity contribution is 0.356. The van der Waals surface area contributed by atoms with E-state index in [0.29, 0.717) is 33.8 Å². The minimum Gasteiger partial charge on any atom is -0.493 e. The zero-order chi connectivity index (χ0) is 21.1. The molecule has 2 aromatic carbocycles. The predicted octanol–water partition coefficient (Wildman–Crippen LogP) is 3.65. The van der Waals surface area contributed by atoms with Gasteiger partial charge in [-0.15, -0.1) is 11.3 Å². The first-order valence-corrected chi connectivity index (χ1v) is 11.0. The fourth-order valence-corrected chi connectivity index (χ4v) is 4.50. The number of thiazole rings is 1. The van der Waals surface area contributed by atoms with Gasteiger partial charge in [-0.05, 0) is 30.3 Å². The average Bonchev–Trinajstić information content (AvgIpc) is 3.25. The van der Waals surface area contributed by atoms with E-state index in [1.165, 1.54) is 29.7 Å². The largest absolute Gasteiger partial charge is 0.493 e. The van der Waals surface area contributed by atoms with E-state index in [1.54, 1.807) is 50.1 Å². The van der Waals surface area contributed by atoms with Crippen LogP contribution in [0, 0.1) is 0 Å². The molecule has 11 heteroatoms. The van der Waals surface area contributed by atoms with Crippen LogP contribution in [-0.4, -0.2) is 37.6 Å². The van der Waals surface area contributed by atoms with E-state index < -0.39 is 10.0 Å². The quantitative estimate of drug-likeness (QED) is 0.445. The standard InChI is InChI=1S/C19H17N5O4S2/c1-27-16-9-12-11-21-18(23-15(12)10-17(16)28-2)22-13-3-5-14(6-4-13)30(25,26)24-19-20-7-8-29-19/h3-11H,1-2H3,(H,20,24)(H,21,22,23). The summed E-state index contributed by atoms with van der Waals surface area (Å²) in [5, 5.41) is 5.87. The Morgan fingerprint density at radius 2 is 1.73 bits per heavy atom. The first kappa shape index (κ1) is 19.9. The molecule has 0 spiro atoms. The summed E-state index contributed by atoms with van der Waals surface area (Å²) in [5.41, 5.74) is 1.32. The van der Waals surface area contributed by atoms with E-state index in [4.69, 9.17) is 9.47 Å². The van der Waals surface area contributed by atoms with Gasteiger partial charge in [0.1, 0.15) is 0 Å². The molecule has 0 saturated carbocycles. The molecule has 154 valence electrons. The first-order chi connectivity index (χ1) is 14.5. The summed E-state index contributed by atoms with van der Waals surface area (Å²) in [6.07, 6.45) is 3.20. The molecular weight excluding hydrogens is 426 g/mol. The monoisotopic (exact) mass is 443 g/mol.